The van der Waals surface area contributed by atoms with Gasteiger partial charge in [-0.15, -0.1) is 0 Å². The average Bonchev–Trinajstić information content (AvgIpc) is 2.55. The molecule has 90 valence electrons. The quantitative estimate of drug-likeness (QED) is 0.880. The van der Waals surface area contributed by atoms with Crippen LogP contribution in [-0.2, 0) is 13.6 Å². The first-order valence-electron chi connectivity index (χ1n) is 6.22. The second-order valence-corrected chi connectivity index (χ2v) is 5.29. The van der Waals surface area contributed by atoms with Gasteiger partial charge in [-0.2, -0.15) is 0 Å². The van der Waals surface area contributed by atoms with Crippen LogP contribution >= 0.6 is 11.6 Å². The summed E-state index contributed by atoms with van der Waals surface area (Å²) in [7, 11) is 2.09. The van der Waals surface area contributed by atoms with Crippen molar-refractivity contribution in [1.82, 2.24) is 9.88 Å². The molecule has 0 unspecified atom stereocenters. The molecule has 1 aliphatic carbocycles. The molecule has 1 aromatic heterocycles. The molecular weight excluding hydrogens is 232 g/mol. The predicted octanol–water partition coefficient (Wildman–Crippen LogP) is 3.47. The number of benzene rings is 1. The smallest absolute Gasteiger partial charge is 0.0669 e. The maximum Gasteiger partial charge on any atom is 0.0669 e. The second-order valence-electron chi connectivity index (χ2n) is 4.88. The first-order chi connectivity index (χ1) is 8.25. The molecule has 0 atom stereocenters. The van der Waals surface area contributed by atoms with Crippen LogP contribution in [0.4, 0.5) is 0 Å². The Morgan fingerprint density at radius 3 is 2.88 bits per heavy atom. The molecule has 1 saturated carbocycles. The van der Waals surface area contributed by atoms with Crippen molar-refractivity contribution in [2.45, 2.75) is 31.8 Å². The SMILES string of the molecule is Cn1c(CNC2CCC2)cc2cccc(Cl)c21. The van der Waals surface area contributed by atoms with Gasteiger partial charge in [-0.25, -0.2) is 0 Å². The van der Waals surface area contributed by atoms with Gasteiger partial charge < -0.3 is 9.88 Å². The molecule has 1 aromatic carbocycles. The van der Waals surface area contributed by atoms with Crippen molar-refractivity contribution < 1.29 is 0 Å². The van der Waals surface area contributed by atoms with Gasteiger partial charge in [0.15, 0.2) is 0 Å². The van der Waals surface area contributed by atoms with E-state index in [9.17, 15) is 0 Å². The van der Waals surface area contributed by atoms with Crippen LogP contribution in [0.25, 0.3) is 10.9 Å². The fourth-order valence-electron chi connectivity index (χ4n) is 2.45. The summed E-state index contributed by atoms with van der Waals surface area (Å²) in [4.78, 5) is 0. The van der Waals surface area contributed by atoms with Gasteiger partial charge in [0.1, 0.15) is 0 Å². The number of hydrogen-bond acceptors (Lipinski definition) is 1. The molecule has 0 spiro atoms. The minimum atomic E-state index is 0.725. The highest BCUT2D eigenvalue weighted by Gasteiger charge is 2.17. The molecule has 1 heterocycles. The molecule has 2 aromatic rings. The Morgan fingerprint density at radius 2 is 2.24 bits per heavy atom. The first-order valence-corrected chi connectivity index (χ1v) is 6.60. The molecule has 1 N–H and O–H groups in total. The molecule has 2 nitrogen and oxygen atoms in total. The van der Waals surface area contributed by atoms with Crippen molar-refractivity contribution >= 4 is 22.5 Å². The molecule has 1 aliphatic rings. The van der Waals surface area contributed by atoms with Gasteiger partial charge in [0.2, 0.25) is 0 Å². The molecule has 0 radical (unpaired) electrons. The topological polar surface area (TPSA) is 17.0 Å². The molecule has 3 rings (SSSR count). The number of aryl methyl sites for hydroxylation is 1. The van der Waals surface area contributed by atoms with Crippen molar-refractivity contribution in [3.05, 3.63) is 35.0 Å². The standard InChI is InChI=1S/C14H17ClN2/c1-17-12(9-16-11-5-3-6-11)8-10-4-2-7-13(15)14(10)17/h2,4,7-8,11,16H,3,5-6,9H2,1H3. The highest BCUT2D eigenvalue weighted by Crippen LogP contribution is 2.26. The van der Waals surface area contributed by atoms with Crippen molar-refractivity contribution in [3.63, 3.8) is 0 Å². The Kier molecular flexibility index (Phi) is 2.85. The van der Waals surface area contributed by atoms with E-state index in [-0.39, 0.29) is 0 Å². The number of rotatable bonds is 3. The van der Waals surface area contributed by atoms with Gasteiger partial charge in [-0.1, -0.05) is 30.2 Å². The molecular formula is C14H17ClN2. The summed E-state index contributed by atoms with van der Waals surface area (Å²) in [6.07, 6.45) is 4.02. The van der Waals surface area contributed by atoms with Crippen LogP contribution in [0.1, 0.15) is 25.0 Å². The van der Waals surface area contributed by atoms with Gasteiger partial charge in [0, 0.05) is 30.7 Å². The zero-order valence-corrected chi connectivity index (χ0v) is 10.8. The van der Waals surface area contributed by atoms with E-state index in [2.05, 4.69) is 29.1 Å². The number of fused-ring (bicyclic) bond motifs is 1. The number of aromatic nitrogens is 1. The molecule has 0 bridgehead atoms. The number of nitrogens with one attached hydrogen (secondary N) is 1. The Bertz CT molecular complexity index is 540. The van der Waals surface area contributed by atoms with E-state index in [0.717, 1.165) is 23.1 Å². The number of halogens is 1. The lowest BCUT2D eigenvalue weighted by Gasteiger charge is -2.26. The number of para-hydroxylation sites is 1. The number of nitrogens with zero attached hydrogens (tertiary/aromatic N) is 1. The molecule has 1 fully saturated rings. The predicted molar refractivity (Wildman–Crippen MR) is 72.4 cm³/mol. The lowest BCUT2D eigenvalue weighted by molar-refractivity contribution is 0.336. The maximum atomic E-state index is 6.24. The molecule has 0 aliphatic heterocycles. The summed E-state index contributed by atoms with van der Waals surface area (Å²) in [5.74, 6) is 0. The normalized spacial score (nSPS) is 16.4. The lowest BCUT2D eigenvalue weighted by atomic mass is 9.93. The first kappa shape index (κ1) is 11.1. The van der Waals surface area contributed by atoms with Gasteiger partial charge >= 0.3 is 0 Å². The second kappa shape index (κ2) is 4.35. The van der Waals surface area contributed by atoms with E-state index in [1.807, 2.05) is 12.1 Å². The van der Waals surface area contributed by atoms with E-state index in [1.54, 1.807) is 0 Å². The molecule has 0 amide bonds. The van der Waals surface area contributed by atoms with Crippen molar-refractivity contribution in [2.24, 2.45) is 7.05 Å². The highest BCUT2D eigenvalue weighted by atomic mass is 35.5. The van der Waals surface area contributed by atoms with Crippen molar-refractivity contribution in [2.75, 3.05) is 0 Å². The summed E-state index contributed by atoms with van der Waals surface area (Å²) in [6.45, 7) is 0.937. The Hall–Kier alpha value is -0.990. The average molecular weight is 249 g/mol. The van der Waals surface area contributed by atoms with Gasteiger partial charge in [0.05, 0.1) is 10.5 Å². The van der Waals surface area contributed by atoms with Crippen LogP contribution in [-0.4, -0.2) is 10.6 Å². The third-order valence-electron chi connectivity index (χ3n) is 3.78. The molecule has 17 heavy (non-hydrogen) atoms. The lowest BCUT2D eigenvalue weighted by Crippen LogP contribution is -2.34. The van der Waals surface area contributed by atoms with E-state index in [0.29, 0.717) is 0 Å². The van der Waals surface area contributed by atoms with E-state index in [4.69, 9.17) is 11.6 Å². The zero-order valence-electron chi connectivity index (χ0n) is 10.0. The van der Waals surface area contributed by atoms with Crippen molar-refractivity contribution in [3.8, 4) is 0 Å². The van der Waals surface area contributed by atoms with Crippen LogP contribution in [0.2, 0.25) is 5.02 Å². The molecule has 3 heteroatoms. The summed E-state index contributed by atoms with van der Waals surface area (Å²) in [5, 5.41) is 5.65. The van der Waals surface area contributed by atoms with Crippen LogP contribution < -0.4 is 5.32 Å². The number of hydrogen-bond donors (Lipinski definition) is 1. The van der Waals surface area contributed by atoms with Gasteiger partial charge in [-0.3, -0.25) is 0 Å². The fraction of sp³-hybridized carbons (Fsp3) is 0.429. The highest BCUT2D eigenvalue weighted by molar-refractivity contribution is 6.35. The molecule has 0 saturated heterocycles. The Balaban J connectivity index is 1.88. The summed E-state index contributed by atoms with van der Waals surface area (Å²) in [5.41, 5.74) is 2.44. The minimum Gasteiger partial charge on any atom is -0.345 e. The van der Waals surface area contributed by atoms with E-state index in [1.165, 1.54) is 30.3 Å². The minimum absolute atomic E-state index is 0.725. The van der Waals surface area contributed by atoms with Gasteiger partial charge in [0.25, 0.3) is 0 Å². The van der Waals surface area contributed by atoms with Crippen LogP contribution in [0.15, 0.2) is 24.3 Å². The fourth-order valence-corrected chi connectivity index (χ4v) is 2.76. The summed E-state index contributed by atoms with van der Waals surface area (Å²) < 4.78 is 2.20. The Labute approximate surface area is 107 Å². The third kappa shape index (κ3) is 1.96. The monoisotopic (exact) mass is 248 g/mol. The van der Waals surface area contributed by atoms with E-state index >= 15 is 0 Å². The van der Waals surface area contributed by atoms with Crippen molar-refractivity contribution in [1.29, 1.82) is 0 Å². The zero-order chi connectivity index (χ0) is 11.8. The Morgan fingerprint density at radius 1 is 1.41 bits per heavy atom. The summed E-state index contributed by atoms with van der Waals surface area (Å²) >= 11 is 6.24. The van der Waals surface area contributed by atoms with Crippen LogP contribution in [0, 0.1) is 0 Å². The largest absolute Gasteiger partial charge is 0.345 e. The van der Waals surface area contributed by atoms with Gasteiger partial charge in [-0.05, 0) is 25.0 Å². The van der Waals surface area contributed by atoms with E-state index < -0.39 is 0 Å². The maximum absolute atomic E-state index is 6.24. The van der Waals surface area contributed by atoms with Crippen LogP contribution in [0.5, 0.6) is 0 Å². The summed E-state index contributed by atoms with van der Waals surface area (Å²) in [6, 6.07) is 9.03. The third-order valence-corrected chi connectivity index (χ3v) is 4.09. The van der Waals surface area contributed by atoms with Crippen LogP contribution in [0.3, 0.4) is 0 Å².